The van der Waals surface area contributed by atoms with E-state index in [0.717, 1.165) is 11.1 Å². The summed E-state index contributed by atoms with van der Waals surface area (Å²) in [4.78, 5) is 25.8. The van der Waals surface area contributed by atoms with Gasteiger partial charge in [0.25, 0.3) is 5.56 Å². The first-order valence-electron chi connectivity index (χ1n) is 10.5. The number of aromatic nitrogens is 2. The zero-order valence-electron chi connectivity index (χ0n) is 17.5. The van der Waals surface area contributed by atoms with Crippen molar-refractivity contribution in [2.24, 2.45) is 5.92 Å². The minimum absolute atomic E-state index is 0.222. The van der Waals surface area contributed by atoms with Crippen LogP contribution in [0.5, 0.6) is 0 Å². The van der Waals surface area contributed by atoms with Crippen molar-refractivity contribution >= 4 is 0 Å². The Hall–Kier alpha value is -3.04. The van der Waals surface area contributed by atoms with E-state index in [1.165, 1.54) is 16.8 Å². The molecule has 3 aromatic rings. The van der Waals surface area contributed by atoms with Gasteiger partial charge >= 0.3 is 5.69 Å². The smallest absolute Gasteiger partial charge is 0.330 e. The molecule has 4 atom stereocenters. The molecule has 4 rings (SSSR count). The quantitative estimate of drug-likeness (QED) is 0.529. The summed E-state index contributed by atoms with van der Waals surface area (Å²) in [5, 5.41) is 11.0. The molecule has 0 aliphatic carbocycles. The molecule has 1 aliphatic heterocycles. The minimum atomic E-state index is -1.01. The molecule has 168 valence electrons. The topological polar surface area (TPSA) is 103 Å². The van der Waals surface area contributed by atoms with Gasteiger partial charge in [-0.25, -0.2) is 4.79 Å². The summed E-state index contributed by atoms with van der Waals surface area (Å²) >= 11 is 0. The molecular formula is C24H26N2O6. The zero-order chi connectivity index (χ0) is 22.3. The normalized spacial score (nSPS) is 22.8. The van der Waals surface area contributed by atoms with Crippen molar-refractivity contribution in [2.75, 3.05) is 13.2 Å². The van der Waals surface area contributed by atoms with E-state index in [1.54, 1.807) is 0 Å². The SMILES string of the molecule is O=c1ccn([C@@H]2O[C@H](COCc3ccccc3)[C@@H](COCc3ccccc3)[C@@H]2O)c(=O)[nH]1. The first kappa shape index (κ1) is 22.2. The number of rotatable bonds is 9. The molecule has 1 aromatic heterocycles. The zero-order valence-corrected chi connectivity index (χ0v) is 17.5. The Balaban J connectivity index is 1.45. The van der Waals surface area contributed by atoms with Crippen LogP contribution in [0.4, 0.5) is 0 Å². The van der Waals surface area contributed by atoms with Crippen molar-refractivity contribution < 1.29 is 19.3 Å². The molecule has 8 nitrogen and oxygen atoms in total. The average Bonchev–Trinajstić information content (AvgIpc) is 3.10. The molecule has 8 heteroatoms. The molecule has 0 spiro atoms. The number of nitrogens with zero attached hydrogens (tertiary/aromatic N) is 1. The van der Waals surface area contributed by atoms with Crippen LogP contribution in [0.2, 0.25) is 0 Å². The summed E-state index contributed by atoms with van der Waals surface area (Å²) in [7, 11) is 0. The van der Waals surface area contributed by atoms with Crippen molar-refractivity contribution in [3.8, 4) is 0 Å². The lowest BCUT2D eigenvalue weighted by Crippen LogP contribution is -2.37. The van der Waals surface area contributed by atoms with E-state index in [-0.39, 0.29) is 13.2 Å². The van der Waals surface area contributed by atoms with E-state index < -0.39 is 35.6 Å². The fourth-order valence-corrected chi connectivity index (χ4v) is 3.77. The van der Waals surface area contributed by atoms with E-state index >= 15 is 0 Å². The second-order valence-corrected chi connectivity index (χ2v) is 7.74. The van der Waals surface area contributed by atoms with Gasteiger partial charge in [-0.1, -0.05) is 60.7 Å². The van der Waals surface area contributed by atoms with Crippen LogP contribution in [0.1, 0.15) is 17.4 Å². The Morgan fingerprint density at radius 3 is 2.06 bits per heavy atom. The van der Waals surface area contributed by atoms with Gasteiger partial charge in [-0.05, 0) is 11.1 Å². The Bertz CT molecular complexity index is 1100. The van der Waals surface area contributed by atoms with Crippen molar-refractivity contribution in [3.05, 3.63) is 105 Å². The Labute approximate surface area is 185 Å². The molecule has 1 saturated heterocycles. The van der Waals surface area contributed by atoms with Gasteiger partial charge in [0.15, 0.2) is 6.23 Å². The first-order chi connectivity index (χ1) is 15.6. The number of hydrogen-bond donors (Lipinski definition) is 2. The molecule has 0 bridgehead atoms. The lowest BCUT2D eigenvalue weighted by molar-refractivity contribution is -0.0694. The third-order valence-electron chi connectivity index (χ3n) is 5.46. The standard InChI is InChI=1S/C24H26N2O6/c27-21-11-12-26(24(29)25-21)23-22(28)19(15-30-13-17-7-3-1-4-8-17)20(32-23)16-31-14-18-9-5-2-6-10-18/h1-12,19-20,22-23,28H,13-16H2,(H,25,27,29)/t19-,20-,22+,23-/m1/s1. The average molecular weight is 438 g/mol. The molecule has 2 heterocycles. The minimum Gasteiger partial charge on any atom is -0.388 e. The van der Waals surface area contributed by atoms with Crippen molar-refractivity contribution in [1.29, 1.82) is 0 Å². The van der Waals surface area contributed by atoms with Crippen LogP contribution in [0, 0.1) is 5.92 Å². The lowest BCUT2D eigenvalue weighted by atomic mass is 9.99. The van der Waals surface area contributed by atoms with Gasteiger partial charge in [0, 0.05) is 18.2 Å². The molecule has 2 aromatic carbocycles. The van der Waals surface area contributed by atoms with E-state index in [0.29, 0.717) is 13.2 Å². The summed E-state index contributed by atoms with van der Waals surface area (Å²) in [6.45, 7) is 1.24. The predicted molar refractivity (Wildman–Crippen MR) is 117 cm³/mol. The summed E-state index contributed by atoms with van der Waals surface area (Å²) in [5.41, 5.74) is 0.892. The number of nitrogens with one attached hydrogen (secondary N) is 1. The molecule has 0 saturated carbocycles. The molecule has 1 fully saturated rings. The fraction of sp³-hybridized carbons (Fsp3) is 0.333. The van der Waals surface area contributed by atoms with Crippen LogP contribution in [0.15, 0.2) is 82.5 Å². The third-order valence-corrected chi connectivity index (χ3v) is 5.46. The van der Waals surface area contributed by atoms with Gasteiger partial charge < -0.3 is 19.3 Å². The van der Waals surface area contributed by atoms with Crippen LogP contribution in [-0.4, -0.2) is 40.1 Å². The molecule has 0 radical (unpaired) electrons. The van der Waals surface area contributed by atoms with Crippen LogP contribution < -0.4 is 11.2 Å². The van der Waals surface area contributed by atoms with Crippen LogP contribution in [-0.2, 0) is 27.4 Å². The van der Waals surface area contributed by atoms with Gasteiger partial charge in [0.1, 0.15) is 6.10 Å². The highest BCUT2D eigenvalue weighted by Gasteiger charge is 2.45. The summed E-state index contributed by atoms with van der Waals surface area (Å²) in [5.74, 6) is -0.418. The van der Waals surface area contributed by atoms with Crippen molar-refractivity contribution in [3.63, 3.8) is 0 Å². The molecule has 32 heavy (non-hydrogen) atoms. The number of hydrogen-bond acceptors (Lipinski definition) is 6. The summed E-state index contributed by atoms with van der Waals surface area (Å²) < 4.78 is 18.9. The molecule has 2 N–H and O–H groups in total. The second kappa shape index (κ2) is 10.5. The second-order valence-electron chi connectivity index (χ2n) is 7.74. The fourth-order valence-electron chi connectivity index (χ4n) is 3.77. The Morgan fingerprint density at radius 1 is 0.875 bits per heavy atom. The largest absolute Gasteiger partial charge is 0.388 e. The molecule has 1 aliphatic rings. The van der Waals surface area contributed by atoms with Gasteiger partial charge in [0.05, 0.1) is 32.5 Å². The molecule has 0 amide bonds. The van der Waals surface area contributed by atoms with E-state index in [4.69, 9.17) is 14.2 Å². The summed E-state index contributed by atoms with van der Waals surface area (Å²) in [6.07, 6.45) is -1.13. The first-order valence-corrected chi connectivity index (χ1v) is 10.5. The van der Waals surface area contributed by atoms with Crippen LogP contribution >= 0.6 is 0 Å². The van der Waals surface area contributed by atoms with Gasteiger partial charge in [-0.2, -0.15) is 0 Å². The number of ether oxygens (including phenoxy) is 3. The van der Waals surface area contributed by atoms with Gasteiger partial charge in [-0.15, -0.1) is 0 Å². The van der Waals surface area contributed by atoms with Crippen molar-refractivity contribution in [2.45, 2.75) is 31.6 Å². The van der Waals surface area contributed by atoms with Crippen LogP contribution in [0.25, 0.3) is 0 Å². The van der Waals surface area contributed by atoms with Gasteiger partial charge in [-0.3, -0.25) is 14.3 Å². The number of aliphatic hydroxyl groups excluding tert-OH is 1. The maximum atomic E-state index is 12.2. The predicted octanol–water partition coefficient (Wildman–Crippen LogP) is 1.84. The summed E-state index contributed by atoms with van der Waals surface area (Å²) in [6, 6.07) is 20.7. The monoisotopic (exact) mass is 438 g/mol. The molecule has 0 unspecified atom stereocenters. The Morgan fingerprint density at radius 2 is 1.47 bits per heavy atom. The number of aromatic amines is 1. The van der Waals surface area contributed by atoms with E-state index in [9.17, 15) is 14.7 Å². The van der Waals surface area contributed by atoms with E-state index in [2.05, 4.69) is 4.98 Å². The number of aliphatic hydroxyl groups is 1. The van der Waals surface area contributed by atoms with Crippen molar-refractivity contribution in [1.82, 2.24) is 9.55 Å². The molecular weight excluding hydrogens is 412 g/mol. The highest BCUT2D eigenvalue weighted by Crippen LogP contribution is 2.34. The maximum absolute atomic E-state index is 12.2. The van der Waals surface area contributed by atoms with Crippen LogP contribution in [0.3, 0.4) is 0 Å². The maximum Gasteiger partial charge on any atom is 0.330 e. The number of benzene rings is 2. The highest BCUT2D eigenvalue weighted by molar-refractivity contribution is 5.14. The van der Waals surface area contributed by atoms with E-state index in [1.807, 2.05) is 60.7 Å². The third kappa shape index (κ3) is 5.41. The Kier molecular flexibility index (Phi) is 7.28. The number of H-pyrrole nitrogens is 1. The lowest BCUT2D eigenvalue weighted by Gasteiger charge is -2.20. The van der Waals surface area contributed by atoms with Gasteiger partial charge in [0.2, 0.25) is 0 Å². The highest BCUT2D eigenvalue weighted by atomic mass is 16.6.